The Hall–Kier alpha value is -2.30. The van der Waals surface area contributed by atoms with E-state index >= 15 is 0 Å². The van der Waals surface area contributed by atoms with Gasteiger partial charge in [-0.3, -0.25) is 5.32 Å². The van der Waals surface area contributed by atoms with E-state index in [2.05, 4.69) is 11.9 Å². The van der Waals surface area contributed by atoms with Crippen LogP contribution in [0.4, 0.5) is 10.5 Å². The van der Waals surface area contributed by atoms with Crippen LogP contribution < -0.4 is 5.32 Å². The fraction of sp³-hybridized carbons (Fsp3) is 0.375. The van der Waals surface area contributed by atoms with Crippen LogP contribution >= 0.6 is 0 Å². The summed E-state index contributed by atoms with van der Waals surface area (Å²) < 4.78 is 10.1. The molecular formula is C16H21NO4. The number of carbonyl (C=O) groups excluding carboxylic acids is 2. The van der Waals surface area contributed by atoms with E-state index < -0.39 is 17.7 Å². The summed E-state index contributed by atoms with van der Waals surface area (Å²) in [7, 11) is 0. The molecule has 21 heavy (non-hydrogen) atoms. The number of anilines is 1. The molecule has 5 heteroatoms. The second-order valence-corrected chi connectivity index (χ2v) is 5.37. The zero-order valence-electron chi connectivity index (χ0n) is 12.9. The molecule has 0 aliphatic rings. The monoisotopic (exact) mass is 291 g/mol. The molecule has 0 saturated heterocycles. The van der Waals surface area contributed by atoms with E-state index in [-0.39, 0.29) is 12.2 Å². The number of carbonyl (C=O) groups is 2. The number of hydrogen-bond acceptors (Lipinski definition) is 4. The van der Waals surface area contributed by atoms with E-state index in [0.717, 1.165) is 0 Å². The van der Waals surface area contributed by atoms with Crippen LogP contribution in [0.2, 0.25) is 0 Å². The Balaban J connectivity index is 2.92. The van der Waals surface area contributed by atoms with Crippen LogP contribution in [0.15, 0.2) is 30.8 Å². The number of esters is 1. The maximum atomic E-state index is 11.8. The maximum Gasteiger partial charge on any atom is 0.412 e. The third kappa shape index (κ3) is 5.30. The molecule has 0 bridgehead atoms. The molecule has 0 heterocycles. The fourth-order valence-electron chi connectivity index (χ4n) is 1.60. The molecule has 5 nitrogen and oxygen atoms in total. The van der Waals surface area contributed by atoms with E-state index in [1.165, 1.54) is 0 Å². The lowest BCUT2D eigenvalue weighted by atomic mass is 10.1. The highest BCUT2D eigenvalue weighted by Gasteiger charge is 2.19. The predicted octanol–water partition coefficient (Wildman–Crippen LogP) is 3.61. The van der Waals surface area contributed by atoms with Gasteiger partial charge in [-0.1, -0.05) is 24.8 Å². The van der Waals surface area contributed by atoms with Crippen molar-refractivity contribution in [2.24, 2.45) is 0 Å². The zero-order valence-corrected chi connectivity index (χ0v) is 12.9. The van der Waals surface area contributed by atoms with E-state index in [1.54, 1.807) is 52.0 Å². The molecule has 0 spiro atoms. The van der Waals surface area contributed by atoms with Crippen molar-refractivity contribution >= 4 is 23.3 Å². The summed E-state index contributed by atoms with van der Waals surface area (Å²) in [6.07, 6.45) is -0.591. The number of para-hydroxylation sites is 1. The Kier molecular flexibility index (Phi) is 5.52. The summed E-state index contributed by atoms with van der Waals surface area (Å²) in [6, 6.07) is 6.85. The lowest BCUT2D eigenvalue weighted by molar-refractivity contribution is -0.136. The average molecular weight is 291 g/mol. The SMILES string of the molecule is C=C(C(=O)OCC)c1ccccc1NC(=O)OC(C)(C)C. The summed E-state index contributed by atoms with van der Waals surface area (Å²) in [5.74, 6) is -0.518. The molecule has 1 N–H and O–H groups in total. The first kappa shape index (κ1) is 16.8. The Labute approximate surface area is 124 Å². The largest absolute Gasteiger partial charge is 0.462 e. The molecule has 1 aromatic carbocycles. The predicted molar refractivity (Wildman–Crippen MR) is 82.0 cm³/mol. The van der Waals surface area contributed by atoms with Gasteiger partial charge >= 0.3 is 12.1 Å². The number of hydrogen-bond donors (Lipinski definition) is 1. The van der Waals surface area contributed by atoms with Crippen LogP contribution in [0.1, 0.15) is 33.3 Å². The fourth-order valence-corrected chi connectivity index (χ4v) is 1.60. The molecule has 1 rings (SSSR count). The highest BCUT2D eigenvalue weighted by Crippen LogP contribution is 2.24. The van der Waals surface area contributed by atoms with Gasteiger partial charge in [-0.25, -0.2) is 9.59 Å². The molecule has 0 saturated carbocycles. The molecule has 0 radical (unpaired) electrons. The third-order valence-electron chi connectivity index (χ3n) is 2.41. The highest BCUT2D eigenvalue weighted by molar-refractivity contribution is 6.17. The van der Waals surface area contributed by atoms with Gasteiger partial charge in [-0.05, 0) is 33.8 Å². The van der Waals surface area contributed by atoms with Gasteiger partial charge in [0.2, 0.25) is 0 Å². The van der Waals surface area contributed by atoms with Gasteiger partial charge < -0.3 is 9.47 Å². The first-order chi connectivity index (χ1) is 9.74. The lowest BCUT2D eigenvalue weighted by Crippen LogP contribution is -2.27. The normalized spacial score (nSPS) is 10.7. The van der Waals surface area contributed by atoms with Crippen LogP contribution in [0, 0.1) is 0 Å². The minimum absolute atomic E-state index is 0.184. The minimum Gasteiger partial charge on any atom is -0.462 e. The molecular weight excluding hydrogens is 270 g/mol. The van der Waals surface area contributed by atoms with Crippen molar-refractivity contribution in [1.82, 2.24) is 0 Å². The number of ether oxygens (including phenoxy) is 2. The quantitative estimate of drug-likeness (QED) is 0.680. The van der Waals surface area contributed by atoms with E-state index in [1.807, 2.05) is 0 Å². The number of benzene rings is 1. The zero-order chi connectivity index (χ0) is 16.0. The van der Waals surface area contributed by atoms with Gasteiger partial charge in [0.1, 0.15) is 5.60 Å². The van der Waals surface area contributed by atoms with Crippen molar-refractivity contribution in [3.05, 3.63) is 36.4 Å². The van der Waals surface area contributed by atoms with Crippen LogP contribution in [-0.2, 0) is 14.3 Å². The van der Waals surface area contributed by atoms with Crippen LogP contribution in [0.25, 0.3) is 5.57 Å². The minimum atomic E-state index is -0.600. The summed E-state index contributed by atoms with van der Waals surface area (Å²) in [4.78, 5) is 23.6. The lowest BCUT2D eigenvalue weighted by Gasteiger charge is -2.20. The molecule has 1 aromatic rings. The van der Waals surface area contributed by atoms with Crippen LogP contribution in [-0.4, -0.2) is 24.3 Å². The second-order valence-electron chi connectivity index (χ2n) is 5.37. The van der Waals surface area contributed by atoms with Gasteiger partial charge in [0.05, 0.1) is 17.9 Å². The standard InChI is InChI=1S/C16H21NO4/c1-6-20-14(18)11(2)12-9-7-8-10-13(12)17-15(19)21-16(3,4)5/h7-10H,2,6H2,1,3-5H3,(H,17,19). The summed E-state index contributed by atoms with van der Waals surface area (Å²) >= 11 is 0. The van der Waals surface area contributed by atoms with Gasteiger partial charge in [-0.15, -0.1) is 0 Å². The molecule has 0 atom stereocenters. The van der Waals surface area contributed by atoms with Gasteiger partial charge in [-0.2, -0.15) is 0 Å². The van der Waals surface area contributed by atoms with E-state index in [4.69, 9.17) is 9.47 Å². The van der Waals surface area contributed by atoms with E-state index in [0.29, 0.717) is 11.3 Å². The average Bonchev–Trinajstić information content (AvgIpc) is 2.36. The van der Waals surface area contributed by atoms with Crippen molar-refractivity contribution in [2.75, 3.05) is 11.9 Å². The van der Waals surface area contributed by atoms with Crippen molar-refractivity contribution < 1.29 is 19.1 Å². The van der Waals surface area contributed by atoms with Crippen molar-refractivity contribution in [3.8, 4) is 0 Å². The second kappa shape index (κ2) is 6.92. The van der Waals surface area contributed by atoms with Crippen molar-refractivity contribution in [2.45, 2.75) is 33.3 Å². The third-order valence-corrected chi connectivity index (χ3v) is 2.41. The number of rotatable bonds is 4. The molecule has 0 aliphatic carbocycles. The molecule has 0 unspecified atom stereocenters. The first-order valence-corrected chi connectivity index (χ1v) is 6.70. The Morgan fingerprint density at radius 1 is 1.24 bits per heavy atom. The topological polar surface area (TPSA) is 64.6 Å². The smallest absolute Gasteiger partial charge is 0.412 e. The Morgan fingerprint density at radius 2 is 1.86 bits per heavy atom. The van der Waals surface area contributed by atoms with Crippen LogP contribution in [0.3, 0.4) is 0 Å². The molecule has 0 aliphatic heterocycles. The summed E-state index contributed by atoms with van der Waals surface area (Å²) in [6.45, 7) is 11.0. The van der Waals surface area contributed by atoms with Crippen LogP contribution in [0.5, 0.6) is 0 Å². The molecule has 114 valence electrons. The molecule has 1 amide bonds. The Bertz CT molecular complexity index is 543. The Morgan fingerprint density at radius 3 is 2.43 bits per heavy atom. The van der Waals surface area contributed by atoms with Gasteiger partial charge in [0.15, 0.2) is 0 Å². The number of amides is 1. The van der Waals surface area contributed by atoms with E-state index in [9.17, 15) is 9.59 Å². The highest BCUT2D eigenvalue weighted by atomic mass is 16.6. The maximum absolute atomic E-state index is 11.8. The molecule has 0 fully saturated rings. The van der Waals surface area contributed by atoms with Crippen molar-refractivity contribution in [1.29, 1.82) is 0 Å². The summed E-state index contributed by atoms with van der Waals surface area (Å²) in [5.41, 5.74) is 0.534. The first-order valence-electron chi connectivity index (χ1n) is 6.70. The number of nitrogens with one attached hydrogen (secondary N) is 1. The van der Waals surface area contributed by atoms with Crippen molar-refractivity contribution in [3.63, 3.8) is 0 Å². The van der Waals surface area contributed by atoms with Gasteiger partial charge in [0.25, 0.3) is 0 Å². The van der Waals surface area contributed by atoms with Gasteiger partial charge in [0, 0.05) is 5.56 Å². The summed E-state index contributed by atoms with van der Waals surface area (Å²) in [5, 5.41) is 2.62. The molecule has 0 aromatic heterocycles.